The van der Waals surface area contributed by atoms with Gasteiger partial charge in [-0.15, -0.1) is 0 Å². The summed E-state index contributed by atoms with van der Waals surface area (Å²) in [6.45, 7) is 4.29. The topological polar surface area (TPSA) is 4.93 Å². The molecular formula is C27H23N. The van der Waals surface area contributed by atoms with Crippen molar-refractivity contribution in [2.45, 2.75) is 13.8 Å². The van der Waals surface area contributed by atoms with E-state index in [0.717, 1.165) is 0 Å². The van der Waals surface area contributed by atoms with Gasteiger partial charge in [-0.25, -0.2) is 0 Å². The van der Waals surface area contributed by atoms with Gasteiger partial charge in [0.05, 0.1) is 0 Å². The normalized spacial score (nSPS) is 11.4. The molecule has 0 saturated carbocycles. The molecule has 0 bridgehead atoms. The largest absolute Gasteiger partial charge is 0.344 e. The summed E-state index contributed by atoms with van der Waals surface area (Å²) in [5.74, 6) is 0. The van der Waals surface area contributed by atoms with Crippen LogP contribution in [0.25, 0.3) is 44.1 Å². The lowest BCUT2D eigenvalue weighted by molar-refractivity contribution is 1.01. The number of benzene rings is 4. The van der Waals surface area contributed by atoms with Crippen molar-refractivity contribution in [2.24, 2.45) is 7.05 Å². The van der Waals surface area contributed by atoms with Gasteiger partial charge >= 0.3 is 0 Å². The number of rotatable bonds is 2. The van der Waals surface area contributed by atoms with Crippen molar-refractivity contribution in [1.82, 2.24) is 4.57 Å². The monoisotopic (exact) mass is 361 g/mol. The van der Waals surface area contributed by atoms with Gasteiger partial charge in [0.15, 0.2) is 0 Å². The Labute approximate surface area is 165 Å². The molecule has 0 radical (unpaired) electrons. The highest BCUT2D eigenvalue weighted by Crippen LogP contribution is 2.34. The maximum atomic E-state index is 2.34. The van der Waals surface area contributed by atoms with Crippen LogP contribution in [0, 0.1) is 13.8 Å². The molecule has 0 fully saturated rings. The van der Waals surface area contributed by atoms with E-state index in [0.29, 0.717) is 0 Å². The van der Waals surface area contributed by atoms with Gasteiger partial charge < -0.3 is 4.57 Å². The first-order chi connectivity index (χ1) is 13.6. The Morgan fingerprint density at radius 1 is 0.500 bits per heavy atom. The molecule has 0 unspecified atom stereocenters. The van der Waals surface area contributed by atoms with Crippen LogP contribution in [0.1, 0.15) is 11.1 Å². The first-order valence-electron chi connectivity index (χ1n) is 9.76. The molecule has 1 heterocycles. The SMILES string of the molecule is Cc1cccc(-c2ccc3c(c2)c2cc(-c4cccc(C)c4)ccc2n3C)c1. The maximum Gasteiger partial charge on any atom is 0.0489 e. The lowest BCUT2D eigenvalue weighted by atomic mass is 9.99. The van der Waals surface area contributed by atoms with Crippen LogP contribution in [-0.2, 0) is 7.05 Å². The second-order valence-electron chi connectivity index (χ2n) is 7.76. The summed E-state index contributed by atoms with van der Waals surface area (Å²) in [5, 5.41) is 2.62. The Hall–Kier alpha value is -3.32. The van der Waals surface area contributed by atoms with Gasteiger partial charge in [0.25, 0.3) is 0 Å². The molecule has 0 aliphatic heterocycles. The summed E-state index contributed by atoms with van der Waals surface area (Å²) >= 11 is 0. The fraction of sp³-hybridized carbons (Fsp3) is 0.111. The third-order valence-corrected chi connectivity index (χ3v) is 5.71. The number of nitrogens with zero attached hydrogens (tertiary/aromatic N) is 1. The Morgan fingerprint density at radius 2 is 0.929 bits per heavy atom. The second kappa shape index (κ2) is 6.38. The predicted octanol–water partition coefficient (Wildman–Crippen LogP) is 7.28. The lowest BCUT2D eigenvalue weighted by Crippen LogP contribution is -1.86. The highest BCUT2D eigenvalue weighted by Gasteiger charge is 2.11. The van der Waals surface area contributed by atoms with Crippen LogP contribution in [0.5, 0.6) is 0 Å². The summed E-state index contributed by atoms with van der Waals surface area (Å²) < 4.78 is 2.30. The van der Waals surface area contributed by atoms with Gasteiger partial charge in [0.2, 0.25) is 0 Å². The van der Waals surface area contributed by atoms with Gasteiger partial charge in [0.1, 0.15) is 0 Å². The van der Waals surface area contributed by atoms with Crippen LogP contribution in [0.4, 0.5) is 0 Å². The van der Waals surface area contributed by atoms with Gasteiger partial charge in [-0.1, -0.05) is 71.8 Å². The highest BCUT2D eigenvalue weighted by molar-refractivity contribution is 6.10. The van der Waals surface area contributed by atoms with Crippen LogP contribution in [0.3, 0.4) is 0 Å². The Bertz CT molecular complexity index is 1230. The van der Waals surface area contributed by atoms with E-state index in [1.807, 2.05) is 0 Å². The molecule has 4 aromatic carbocycles. The molecule has 0 N–H and O–H groups in total. The lowest BCUT2D eigenvalue weighted by Gasteiger charge is -2.05. The van der Waals surface area contributed by atoms with E-state index in [-0.39, 0.29) is 0 Å². The zero-order chi connectivity index (χ0) is 19.3. The van der Waals surface area contributed by atoms with Crippen molar-refractivity contribution in [1.29, 1.82) is 0 Å². The number of aryl methyl sites for hydroxylation is 3. The van der Waals surface area contributed by atoms with Crippen molar-refractivity contribution >= 4 is 21.8 Å². The first-order valence-corrected chi connectivity index (χ1v) is 9.76. The van der Waals surface area contributed by atoms with Crippen LogP contribution in [0.15, 0.2) is 84.9 Å². The van der Waals surface area contributed by atoms with Crippen molar-refractivity contribution in [3.05, 3.63) is 96.1 Å². The van der Waals surface area contributed by atoms with Gasteiger partial charge in [-0.3, -0.25) is 0 Å². The summed E-state index contributed by atoms with van der Waals surface area (Å²) in [6.07, 6.45) is 0. The number of aromatic nitrogens is 1. The standard InChI is InChI=1S/C27H23N/c1-18-6-4-8-20(14-18)22-10-12-26-24(16-22)25-17-23(11-13-27(25)28(26)3)21-9-5-7-19(2)15-21/h4-17H,1-3H3. The van der Waals surface area contributed by atoms with Crippen LogP contribution < -0.4 is 0 Å². The highest BCUT2D eigenvalue weighted by atomic mass is 14.9. The molecule has 0 aliphatic rings. The van der Waals surface area contributed by atoms with Crippen LogP contribution in [-0.4, -0.2) is 4.57 Å². The van der Waals surface area contributed by atoms with E-state index < -0.39 is 0 Å². The smallest absolute Gasteiger partial charge is 0.0489 e. The van der Waals surface area contributed by atoms with Gasteiger partial charge in [-0.05, 0) is 60.4 Å². The molecule has 1 aromatic heterocycles. The molecule has 0 spiro atoms. The van der Waals surface area contributed by atoms with E-state index in [4.69, 9.17) is 0 Å². The van der Waals surface area contributed by atoms with E-state index >= 15 is 0 Å². The Balaban J connectivity index is 1.75. The molecule has 5 rings (SSSR count). The molecular weight excluding hydrogens is 338 g/mol. The summed E-state index contributed by atoms with van der Waals surface area (Å²) in [6, 6.07) is 31.1. The molecule has 0 amide bonds. The first kappa shape index (κ1) is 16.8. The zero-order valence-electron chi connectivity index (χ0n) is 16.5. The fourth-order valence-corrected chi connectivity index (χ4v) is 4.23. The average Bonchev–Trinajstić information content (AvgIpc) is 2.99. The fourth-order valence-electron chi connectivity index (χ4n) is 4.23. The molecule has 28 heavy (non-hydrogen) atoms. The van der Waals surface area contributed by atoms with Gasteiger partial charge in [-0.2, -0.15) is 0 Å². The Morgan fingerprint density at radius 3 is 1.36 bits per heavy atom. The molecule has 136 valence electrons. The number of fused-ring (bicyclic) bond motifs is 3. The average molecular weight is 361 g/mol. The van der Waals surface area contributed by atoms with Crippen molar-refractivity contribution in [3.63, 3.8) is 0 Å². The summed E-state index contributed by atoms with van der Waals surface area (Å²) in [4.78, 5) is 0. The quantitative estimate of drug-likeness (QED) is 0.311. The Kier molecular flexibility index (Phi) is 3.84. The minimum absolute atomic E-state index is 1.27. The van der Waals surface area contributed by atoms with Gasteiger partial charge in [0, 0.05) is 28.9 Å². The number of hydrogen-bond donors (Lipinski definition) is 0. The van der Waals surface area contributed by atoms with E-state index in [2.05, 4.69) is 110 Å². The van der Waals surface area contributed by atoms with E-state index in [9.17, 15) is 0 Å². The van der Waals surface area contributed by atoms with E-state index in [1.54, 1.807) is 0 Å². The van der Waals surface area contributed by atoms with Crippen LogP contribution in [0.2, 0.25) is 0 Å². The van der Waals surface area contributed by atoms with E-state index in [1.165, 1.54) is 55.2 Å². The predicted molar refractivity (Wildman–Crippen MR) is 121 cm³/mol. The molecule has 5 aromatic rings. The maximum absolute atomic E-state index is 2.34. The third-order valence-electron chi connectivity index (χ3n) is 5.71. The summed E-state index contributed by atoms with van der Waals surface area (Å²) in [5.41, 5.74) is 10.2. The molecule has 0 aliphatic carbocycles. The summed E-state index contributed by atoms with van der Waals surface area (Å²) in [7, 11) is 2.16. The molecule has 1 nitrogen and oxygen atoms in total. The van der Waals surface area contributed by atoms with Crippen molar-refractivity contribution < 1.29 is 0 Å². The molecule has 1 heteroatoms. The minimum atomic E-state index is 1.27. The second-order valence-corrected chi connectivity index (χ2v) is 7.76. The van der Waals surface area contributed by atoms with Crippen molar-refractivity contribution in [3.8, 4) is 22.3 Å². The molecule has 0 saturated heterocycles. The number of hydrogen-bond acceptors (Lipinski definition) is 0. The van der Waals surface area contributed by atoms with Crippen molar-refractivity contribution in [2.75, 3.05) is 0 Å². The molecule has 0 atom stereocenters. The van der Waals surface area contributed by atoms with Crippen LogP contribution >= 0.6 is 0 Å². The minimum Gasteiger partial charge on any atom is -0.344 e. The zero-order valence-corrected chi connectivity index (χ0v) is 16.5. The third kappa shape index (κ3) is 2.71.